The van der Waals surface area contributed by atoms with Crippen LogP contribution in [0.2, 0.25) is 0 Å². The summed E-state index contributed by atoms with van der Waals surface area (Å²) < 4.78 is 4.88. The molecule has 0 heterocycles. The van der Waals surface area contributed by atoms with Crippen LogP contribution in [0.5, 0.6) is 0 Å². The molecule has 0 aliphatic rings. The third kappa shape index (κ3) is 5.26. The van der Waals surface area contributed by atoms with Gasteiger partial charge in [-0.25, -0.2) is 4.79 Å². The van der Waals surface area contributed by atoms with E-state index >= 15 is 0 Å². The van der Waals surface area contributed by atoms with Gasteiger partial charge in [-0.1, -0.05) is 36.7 Å². The van der Waals surface area contributed by atoms with Crippen molar-refractivity contribution in [2.75, 3.05) is 6.61 Å². The first-order valence-electron chi connectivity index (χ1n) is 4.47. The van der Waals surface area contributed by atoms with Crippen LogP contribution in [-0.2, 0) is 9.53 Å². The second-order valence-electron chi connectivity index (χ2n) is 3.32. The molecule has 0 aromatic heterocycles. The number of hydrogen-bond acceptors (Lipinski definition) is 3. The van der Waals surface area contributed by atoms with Gasteiger partial charge in [-0.05, 0) is 12.3 Å². The van der Waals surface area contributed by atoms with Crippen LogP contribution in [0.3, 0.4) is 0 Å². The number of rotatable bonds is 5. The molecule has 13 heavy (non-hydrogen) atoms. The Morgan fingerprint density at radius 3 is 2.46 bits per heavy atom. The molecular formula is C9H17BrO3. The Labute approximate surface area is 87.6 Å². The molecule has 0 aromatic carbocycles. The fourth-order valence-corrected chi connectivity index (χ4v) is 0.780. The number of aliphatic hydroxyl groups is 1. The largest absolute Gasteiger partial charge is 0.463 e. The molecule has 0 amide bonds. The van der Waals surface area contributed by atoms with Crippen molar-refractivity contribution in [3.05, 3.63) is 0 Å². The molecular weight excluding hydrogens is 236 g/mol. The summed E-state index contributed by atoms with van der Waals surface area (Å²) in [5.74, 6) is -0.629. The van der Waals surface area contributed by atoms with Crippen LogP contribution in [0.1, 0.15) is 27.2 Å². The summed E-state index contributed by atoms with van der Waals surface area (Å²) in [6.45, 7) is 5.86. The Hall–Kier alpha value is -0.0900. The van der Waals surface area contributed by atoms with E-state index in [2.05, 4.69) is 15.9 Å². The van der Waals surface area contributed by atoms with Crippen molar-refractivity contribution in [3.63, 3.8) is 0 Å². The molecule has 0 radical (unpaired) electrons. The normalized spacial score (nSPS) is 15.5. The van der Waals surface area contributed by atoms with Crippen LogP contribution in [0.4, 0.5) is 0 Å². The fraction of sp³-hybridized carbons (Fsp3) is 0.889. The third-order valence-corrected chi connectivity index (χ3v) is 2.63. The lowest BCUT2D eigenvalue weighted by atomic mass is 10.1. The molecule has 3 nitrogen and oxygen atoms in total. The van der Waals surface area contributed by atoms with Gasteiger partial charge in [0.15, 0.2) is 6.10 Å². The number of halogens is 1. The number of alkyl halides is 1. The van der Waals surface area contributed by atoms with E-state index in [0.29, 0.717) is 6.61 Å². The molecule has 0 rings (SSSR count). The maximum atomic E-state index is 11.1. The van der Waals surface area contributed by atoms with Crippen LogP contribution in [0, 0.1) is 5.92 Å². The lowest BCUT2D eigenvalue weighted by Gasteiger charge is -2.14. The SMILES string of the molecule is CCC(Br)COC(=O)[C@H](O)C(C)C. The van der Waals surface area contributed by atoms with Crippen molar-refractivity contribution in [2.45, 2.75) is 38.1 Å². The van der Waals surface area contributed by atoms with Crippen molar-refractivity contribution in [3.8, 4) is 0 Å². The highest BCUT2D eigenvalue weighted by Crippen LogP contribution is 2.07. The second kappa shape index (κ2) is 6.38. The van der Waals surface area contributed by atoms with Crippen LogP contribution >= 0.6 is 15.9 Å². The summed E-state index contributed by atoms with van der Waals surface area (Å²) in [4.78, 5) is 11.3. The molecule has 0 saturated heterocycles. The van der Waals surface area contributed by atoms with Crippen molar-refractivity contribution in [2.24, 2.45) is 5.92 Å². The topological polar surface area (TPSA) is 46.5 Å². The van der Waals surface area contributed by atoms with E-state index in [0.717, 1.165) is 6.42 Å². The van der Waals surface area contributed by atoms with Crippen LogP contribution in [0.25, 0.3) is 0 Å². The Kier molecular flexibility index (Phi) is 6.33. The standard InChI is InChI=1S/C9H17BrO3/c1-4-7(10)5-13-9(12)8(11)6(2)3/h6-8,11H,4-5H2,1-3H3/t7?,8-/m1/s1. The molecule has 78 valence electrons. The monoisotopic (exact) mass is 252 g/mol. The third-order valence-electron chi connectivity index (χ3n) is 1.72. The van der Waals surface area contributed by atoms with Crippen LogP contribution < -0.4 is 0 Å². The Bertz CT molecular complexity index is 159. The maximum Gasteiger partial charge on any atom is 0.335 e. The molecule has 0 aliphatic carbocycles. The number of ether oxygens (including phenoxy) is 1. The van der Waals surface area contributed by atoms with Crippen molar-refractivity contribution >= 4 is 21.9 Å². The minimum atomic E-state index is -1.00. The zero-order chi connectivity index (χ0) is 10.4. The molecule has 2 atom stereocenters. The van der Waals surface area contributed by atoms with Gasteiger partial charge in [0.1, 0.15) is 6.61 Å². The number of hydrogen-bond donors (Lipinski definition) is 1. The molecule has 0 fully saturated rings. The average molecular weight is 253 g/mol. The lowest BCUT2D eigenvalue weighted by molar-refractivity contribution is -0.155. The first-order valence-corrected chi connectivity index (χ1v) is 5.39. The average Bonchev–Trinajstić information content (AvgIpc) is 2.11. The Morgan fingerprint density at radius 2 is 2.08 bits per heavy atom. The van der Waals surface area contributed by atoms with Gasteiger partial charge in [0.25, 0.3) is 0 Å². The maximum absolute atomic E-state index is 11.1. The summed E-state index contributed by atoms with van der Waals surface area (Å²) in [6, 6.07) is 0. The van der Waals surface area contributed by atoms with E-state index in [9.17, 15) is 9.90 Å². The summed E-state index contributed by atoms with van der Waals surface area (Å²) in [7, 11) is 0. The molecule has 0 aromatic rings. The smallest absolute Gasteiger partial charge is 0.335 e. The summed E-state index contributed by atoms with van der Waals surface area (Å²) in [6.07, 6.45) is -0.109. The summed E-state index contributed by atoms with van der Waals surface area (Å²) >= 11 is 3.33. The fourth-order valence-electron chi connectivity index (χ4n) is 0.648. The van der Waals surface area contributed by atoms with Gasteiger partial charge in [0, 0.05) is 4.83 Å². The van der Waals surface area contributed by atoms with Gasteiger partial charge in [-0.3, -0.25) is 0 Å². The van der Waals surface area contributed by atoms with Gasteiger partial charge in [0.2, 0.25) is 0 Å². The molecule has 0 bridgehead atoms. The number of esters is 1. The first kappa shape index (κ1) is 12.9. The van der Waals surface area contributed by atoms with E-state index in [1.54, 1.807) is 13.8 Å². The molecule has 1 unspecified atom stereocenters. The quantitative estimate of drug-likeness (QED) is 0.599. The minimum Gasteiger partial charge on any atom is -0.463 e. The van der Waals surface area contributed by atoms with E-state index < -0.39 is 12.1 Å². The van der Waals surface area contributed by atoms with E-state index in [1.165, 1.54) is 0 Å². The van der Waals surface area contributed by atoms with Gasteiger partial charge in [-0.15, -0.1) is 0 Å². The summed E-state index contributed by atoms with van der Waals surface area (Å²) in [5, 5.41) is 9.29. The number of carbonyl (C=O) groups excluding carboxylic acids is 1. The minimum absolute atomic E-state index is 0.0945. The predicted octanol–water partition coefficient (Wildman–Crippen LogP) is 1.72. The van der Waals surface area contributed by atoms with Crippen molar-refractivity contribution < 1.29 is 14.6 Å². The highest BCUT2D eigenvalue weighted by atomic mass is 79.9. The highest BCUT2D eigenvalue weighted by molar-refractivity contribution is 9.09. The second-order valence-corrected chi connectivity index (χ2v) is 4.62. The molecule has 0 saturated carbocycles. The first-order chi connectivity index (χ1) is 5.99. The zero-order valence-electron chi connectivity index (χ0n) is 8.29. The number of aliphatic hydroxyl groups excluding tert-OH is 1. The Balaban J connectivity index is 3.74. The Morgan fingerprint density at radius 1 is 1.54 bits per heavy atom. The predicted molar refractivity (Wildman–Crippen MR) is 54.8 cm³/mol. The van der Waals surface area contributed by atoms with Gasteiger partial charge < -0.3 is 9.84 Å². The molecule has 0 spiro atoms. The highest BCUT2D eigenvalue weighted by Gasteiger charge is 2.20. The van der Waals surface area contributed by atoms with Crippen LogP contribution in [0.15, 0.2) is 0 Å². The summed E-state index contributed by atoms with van der Waals surface area (Å²) in [5.41, 5.74) is 0. The van der Waals surface area contributed by atoms with Gasteiger partial charge in [0.05, 0.1) is 0 Å². The number of carbonyl (C=O) groups is 1. The zero-order valence-corrected chi connectivity index (χ0v) is 9.87. The molecule has 0 aliphatic heterocycles. The van der Waals surface area contributed by atoms with E-state index in [1.807, 2.05) is 6.92 Å². The molecule has 1 N–H and O–H groups in total. The van der Waals surface area contributed by atoms with Gasteiger partial charge >= 0.3 is 5.97 Å². The van der Waals surface area contributed by atoms with E-state index in [4.69, 9.17) is 4.74 Å². The van der Waals surface area contributed by atoms with E-state index in [-0.39, 0.29) is 10.7 Å². The van der Waals surface area contributed by atoms with Crippen molar-refractivity contribution in [1.29, 1.82) is 0 Å². The van der Waals surface area contributed by atoms with Crippen molar-refractivity contribution in [1.82, 2.24) is 0 Å². The molecule has 4 heteroatoms. The van der Waals surface area contributed by atoms with Gasteiger partial charge in [-0.2, -0.15) is 0 Å². The van der Waals surface area contributed by atoms with Crippen LogP contribution in [-0.4, -0.2) is 28.6 Å². The lowest BCUT2D eigenvalue weighted by Crippen LogP contribution is -2.29.